The van der Waals surface area contributed by atoms with Gasteiger partial charge in [-0.15, -0.1) is 0 Å². The van der Waals surface area contributed by atoms with E-state index in [1.165, 1.54) is 12.7 Å². The Bertz CT molecular complexity index is 1210. The monoisotopic (exact) mass is 463 g/mol. The van der Waals surface area contributed by atoms with Crippen LogP contribution in [0.2, 0.25) is 0 Å². The van der Waals surface area contributed by atoms with Crippen molar-refractivity contribution in [3.05, 3.63) is 70.0 Å². The summed E-state index contributed by atoms with van der Waals surface area (Å²) in [7, 11) is 5.03. The van der Waals surface area contributed by atoms with Gasteiger partial charge < -0.3 is 14.8 Å². The minimum Gasteiger partial charge on any atom is -0.493 e. The Morgan fingerprint density at radius 1 is 1.06 bits per heavy atom. The Hall–Kier alpha value is -3.81. The van der Waals surface area contributed by atoms with E-state index in [-0.39, 0.29) is 5.91 Å². The quantitative estimate of drug-likeness (QED) is 0.407. The SMILES string of the molecule is COc1ccc(C(=O)NC(=NCCc2c(C)nn(C)c2C)Nc2cccc(C)c2C)cc1OC. The summed E-state index contributed by atoms with van der Waals surface area (Å²) in [6.45, 7) is 8.63. The van der Waals surface area contributed by atoms with Crippen LogP contribution in [0.5, 0.6) is 11.5 Å². The number of carbonyl (C=O) groups excluding carboxylic acids is 1. The second kappa shape index (κ2) is 10.9. The van der Waals surface area contributed by atoms with Crippen molar-refractivity contribution < 1.29 is 14.3 Å². The largest absolute Gasteiger partial charge is 0.493 e. The number of aliphatic imine (C=N–C) groups is 1. The normalized spacial score (nSPS) is 11.3. The number of anilines is 1. The molecule has 0 aliphatic rings. The highest BCUT2D eigenvalue weighted by Crippen LogP contribution is 2.27. The first-order valence-corrected chi connectivity index (χ1v) is 11.1. The highest BCUT2D eigenvalue weighted by atomic mass is 16.5. The van der Waals surface area contributed by atoms with Gasteiger partial charge in [0, 0.05) is 30.5 Å². The summed E-state index contributed by atoms with van der Waals surface area (Å²) in [5, 5.41) is 10.7. The lowest BCUT2D eigenvalue weighted by Crippen LogP contribution is -2.36. The van der Waals surface area contributed by atoms with E-state index in [1.54, 1.807) is 25.3 Å². The number of nitrogens with one attached hydrogen (secondary N) is 2. The van der Waals surface area contributed by atoms with Crippen LogP contribution in [-0.4, -0.2) is 42.4 Å². The number of benzene rings is 2. The molecule has 34 heavy (non-hydrogen) atoms. The van der Waals surface area contributed by atoms with Crippen LogP contribution >= 0.6 is 0 Å². The molecule has 3 aromatic rings. The fourth-order valence-corrected chi connectivity index (χ4v) is 3.74. The van der Waals surface area contributed by atoms with Crippen molar-refractivity contribution in [2.24, 2.45) is 12.0 Å². The molecule has 0 fully saturated rings. The van der Waals surface area contributed by atoms with Gasteiger partial charge >= 0.3 is 0 Å². The molecule has 2 aromatic carbocycles. The number of ether oxygens (including phenoxy) is 2. The Morgan fingerprint density at radius 3 is 2.44 bits per heavy atom. The number of aryl methyl sites for hydroxylation is 3. The molecule has 0 saturated carbocycles. The standard InChI is InChI=1S/C26H33N5O3/c1-16-9-8-10-22(17(16)2)28-26(27-14-13-21-18(3)30-31(5)19(21)4)29-25(32)20-11-12-23(33-6)24(15-20)34-7/h8-12,15H,13-14H2,1-7H3,(H2,27,28,29,32). The summed E-state index contributed by atoms with van der Waals surface area (Å²) >= 11 is 0. The van der Waals surface area contributed by atoms with Crippen molar-refractivity contribution in [2.75, 3.05) is 26.1 Å². The first-order chi connectivity index (χ1) is 16.2. The fraction of sp³-hybridized carbons (Fsp3) is 0.346. The average molecular weight is 464 g/mol. The first kappa shape index (κ1) is 24.8. The summed E-state index contributed by atoms with van der Waals surface area (Å²) in [6.07, 6.45) is 0.718. The number of amides is 1. The van der Waals surface area contributed by atoms with Crippen molar-refractivity contribution in [1.29, 1.82) is 0 Å². The molecule has 0 bridgehead atoms. The van der Waals surface area contributed by atoms with E-state index < -0.39 is 0 Å². The molecule has 0 saturated heterocycles. The van der Waals surface area contributed by atoms with Gasteiger partial charge in [-0.25, -0.2) is 0 Å². The molecule has 0 radical (unpaired) electrons. The van der Waals surface area contributed by atoms with Crippen LogP contribution in [0.3, 0.4) is 0 Å². The predicted molar refractivity (Wildman–Crippen MR) is 135 cm³/mol. The van der Waals surface area contributed by atoms with Gasteiger partial charge in [-0.05, 0) is 75.1 Å². The maximum atomic E-state index is 13.1. The highest BCUT2D eigenvalue weighted by molar-refractivity contribution is 6.10. The summed E-state index contributed by atoms with van der Waals surface area (Å²) < 4.78 is 12.5. The third-order valence-corrected chi connectivity index (χ3v) is 6.03. The molecule has 0 atom stereocenters. The molecule has 3 rings (SSSR count). The van der Waals surface area contributed by atoms with Gasteiger partial charge in [-0.1, -0.05) is 12.1 Å². The lowest BCUT2D eigenvalue weighted by atomic mass is 10.1. The van der Waals surface area contributed by atoms with E-state index in [9.17, 15) is 4.79 Å². The van der Waals surface area contributed by atoms with E-state index in [0.29, 0.717) is 29.6 Å². The molecule has 0 spiro atoms. The summed E-state index contributed by atoms with van der Waals surface area (Å²) in [5.74, 6) is 1.13. The van der Waals surface area contributed by atoms with Crippen molar-refractivity contribution in [3.63, 3.8) is 0 Å². The zero-order valence-electron chi connectivity index (χ0n) is 20.9. The number of carbonyl (C=O) groups is 1. The molecule has 0 aliphatic carbocycles. The summed E-state index contributed by atoms with van der Waals surface area (Å²) in [4.78, 5) is 17.8. The zero-order valence-corrected chi connectivity index (χ0v) is 20.9. The number of aromatic nitrogens is 2. The van der Waals surface area contributed by atoms with E-state index in [1.807, 2.05) is 57.6 Å². The van der Waals surface area contributed by atoms with Gasteiger partial charge in [-0.2, -0.15) is 5.10 Å². The van der Waals surface area contributed by atoms with E-state index in [4.69, 9.17) is 14.5 Å². The van der Waals surface area contributed by atoms with Crippen molar-refractivity contribution in [1.82, 2.24) is 15.1 Å². The summed E-state index contributed by atoms with van der Waals surface area (Å²) in [5.41, 5.74) is 6.85. The molecule has 1 heterocycles. The topological polar surface area (TPSA) is 89.8 Å². The van der Waals surface area contributed by atoms with Crippen LogP contribution in [0, 0.1) is 27.7 Å². The molecule has 8 heteroatoms. The third kappa shape index (κ3) is 5.57. The van der Waals surface area contributed by atoms with Crippen LogP contribution in [0.15, 0.2) is 41.4 Å². The number of hydrogen-bond acceptors (Lipinski definition) is 5. The van der Waals surface area contributed by atoms with E-state index in [0.717, 1.165) is 34.6 Å². The van der Waals surface area contributed by atoms with E-state index >= 15 is 0 Å². The smallest absolute Gasteiger partial charge is 0.258 e. The van der Waals surface area contributed by atoms with Gasteiger partial charge in [-0.3, -0.25) is 19.8 Å². The Labute approximate surface area is 201 Å². The van der Waals surface area contributed by atoms with Crippen LogP contribution in [0.4, 0.5) is 5.69 Å². The zero-order chi connectivity index (χ0) is 24.8. The van der Waals surface area contributed by atoms with Crippen LogP contribution in [-0.2, 0) is 13.5 Å². The molecular weight excluding hydrogens is 430 g/mol. The van der Waals surface area contributed by atoms with Crippen LogP contribution < -0.4 is 20.1 Å². The van der Waals surface area contributed by atoms with Crippen LogP contribution in [0.1, 0.15) is 38.4 Å². The van der Waals surface area contributed by atoms with Gasteiger partial charge in [0.2, 0.25) is 5.96 Å². The molecule has 1 aromatic heterocycles. The van der Waals surface area contributed by atoms with E-state index in [2.05, 4.69) is 15.7 Å². The van der Waals surface area contributed by atoms with Crippen molar-refractivity contribution >= 4 is 17.6 Å². The molecule has 0 unspecified atom stereocenters. The second-order valence-corrected chi connectivity index (χ2v) is 8.15. The number of nitrogens with zero attached hydrogens (tertiary/aromatic N) is 3. The highest BCUT2D eigenvalue weighted by Gasteiger charge is 2.15. The van der Waals surface area contributed by atoms with Gasteiger partial charge in [0.25, 0.3) is 5.91 Å². The van der Waals surface area contributed by atoms with Gasteiger partial charge in [0.1, 0.15) is 0 Å². The van der Waals surface area contributed by atoms with Gasteiger partial charge in [0.05, 0.1) is 19.9 Å². The second-order valence-electron chi connectivity index (χ2n) is 8.15. The first-order valence-electron chi connectivity index (χ1n) is 11.1. The fourth-order valence-electron chi connectivity index (χ4n) is 3.74. The molecule has 8 nitrogen and oxygen atoms in total. The summed E-state index contributed by atoms with van der Waals surface area (Å²) in [6, 6.07) is 11.0. The minimum absolute atomic E-state index is 0.300. The number of guanidine groups is 1. The molecule has 0 aliphatic heterocycles. The van der Waals surface area contributed by atoms with Crippen LogP contribution in [0.25, 0.3) is 0 Å². The number of hydrogen-bond donors (Lipinski definition) is 2. The molecule has 180 valence electrons. The Kier molecular flexibility index (Phi) is 7.94. The molecule has 1 amide bonds. The third-order valence-electron chi connectivity index (χ3n) is 6.03. The average Bonchev–Trinajstić information content (AvgIpc) is 3.07. The van der Waals surface area contributed by atoms with Crippen molar-refractivity contribution in [3.8, 4) is 11.5 Å². The predicted octanol–water partition coefficient (Wildman–Crippen LogP) is 4.11. The number of rotatable bonds is 7. The Balaban J connectivity index is 1.85. The lowest BCUT2D eigenvalue weighted by molar-refractivity contribution is 0.0976. The minimum atomic E-state index is -0.300. The molecule has 2 N–H and O–H groups in total. The van der Waals surface area contributed by atoms with Crippen molar-refractivity contribution in [2.45, 2.75) is 34.1 Å². The maximum absolute atomic E-state index is 13.1. The van der Waals surface area contributed by atoms with Gasteiger partial charge in [0.15, 0.2) is 11.5 Å². The lowest BCUT2D eigenvalue weighted by Gasteiger charge is -2.15. The number of methoxy groups -OCH3 is 2. The molecular formula is C26H33N5O3. The Morgan fingerprint density at radius 2 is 1.79 bits per heavy atom. The maximum Gasteiger partial charge on any atom is 0.258 e.